The van der Waals surface area contributed by atoms with Crippen LogP contribution in [0, 0.1) is 24.7 Å². The van der Waals surface area contributed by atoms with Crippen LogP contribution >= 0.6 is 0 Å². The molecule has 0 aromatic heterocycles. The van der Waals surface area contributed by atoms with Crippen molar-refractivity contribution >= 4 is 22.8 Å². The molecule has 1 aliphatic carbocycles. The maximum Gasteiger partial charge on any atom is 0.0702 e. The molecule has 2 aromatic carbocycles. The summed E-state index contributed by atoms with van der Waals surface area (Å²) in [5.41, 5.74) is 9.97. The van der Waals surface area contributed by atoms with E-state index < -0.39 is 0 Å². The van der Waals surface area contributed by atoms with Gasteiger partial charge in [0.05, 0.1) is 22.8 Å². The van der Waals surface area contributed by atoms with Crippen LogP contribution in [0.3, 0.4) is 0 Å². The highest BCUT2D eigenvalue weighted by Gasteiger charge is 2.22. The van der Waals surface area contributed by atoms with Crippen LogP contribution in [-0.4, -0.2) is 11.4 Å². The summed E-state index contributed by atoms with van der Waals surface area (Å²) in [5, 5.41) is 0. The summed E-state index contributed by atoms with van der Waals surface area (Å²) in [7, 11) is 0. The standard InChI is InChI=1S/C26H22N2/c1-7-21-9-13-23(14-10-21)27-25-17(3)19(5)26(20(6)18(25)4)28-24-15-11-22(8-2)12-16-24/h1-2,9-16H,3-6H3. The molecule has 0 aliphatic heterocycles. The highest BCUT2D eigenvalue weighted by molar-refractivity contribution is 6.28. The number of allylic oxidation sites excluding steroid dienone is 4. The van der Waals surface area contributed by atoms with E-state index in [1.807, 2.05) is 48.5 Å². The van der Waals surface area contributed by atoms with Gasteiger partial charge in [0.2, 0.25) is 0 Å². The Morgan fingerprint density at radius 2 is 0.821 bits per heavy atom. The molecule has 0 amide bonds. The quantitative estimate of drug-likeness (QED) is 0.450. The first kappa shape index (κ1) is 19.2. The molecule has 2 aromatic rings. The molecular weight excluding hydrogens is 340 g/mol. The zero-order chi connectivity index (χ0) is 20.3. The van der Waals surface area contributed by atoms with Gasteiger partial charge in [-0.25, -0.2) is 9.98 Å². The van der Waals surface area contributed by atoms with E-state index in [1.165, 1.54) is 0 Å². The predicted molar refractivity (Wildman–Crippen MR) is 120 cm³/mol. The number of hydrogen-bond acceptors (Lipinski definition) is 2. The Morgan fingerprint density at radius 3 is 1.07 bits per heavy atom. The van der Waals surface area contributed by atoms with Gasteiger partial charge in [0.1, 0.15) is 0 Å². The van der Waals surface area contributed by atoms with Gasteiger partial charge < -0.3 is 0 Å². The summed E-state index contributed by atoms with van der Waals surface area (Å²) in [6, 6.07) is 15.4. The van der Waals surface area contributed by atoms with Crippen LogP contribution in [0.25, 0.3) is 0 Å². The Hall–Kier alpha value is -3.62. The predicted octanol–water partition coefficient (Wildman–Crippen LogP) is 6.18. The van der Waals surface area contributed by atoms with E-state index in [9.17, 15) is 0 Å². The van der Waals surface area contributed by atoms with Gasteiger partial charge in [0.15, 0.2) is 0 Å². The number of hydrogen-bond donors (Lipinski definition) is 0. The Balaban J connectivity index is 2.04. The van der Waals surface area contributed by atoms with E-state index in [-0.39, 0.29) is 0 Å². The summed E-state index contributed by atoms with van der Waals surface area (Å²) >= 11 is 0. The van der Waals surface area contributed by atoms with Crippen molar-refractivity contribution in [3.63, 3.8) is 0 Å². The molecule has 136 valence electrons. The molecule has 1 aliphatic rings. The van der Waals surface area contributed by atoms with Crippen molar-refractivity contribution in [2.24, 2.45) is 9.98 Å². The molecular formula is C26H22N2. The number of aliphatic imine (C=N–C) groups is 2. The van der Waals surface area contributed by atoms with Gasteiger partial charge in [0, 0.05) is 11.1 Å². The van der Waals surface area contributed by atoms with Crippen molar-refractivity contribution in [1.29, 1.82) is 0 Å². The molecule has 2 heteroatoms. The number of rotatable bonds is 2. The van der Waals surface area contributed by atoms with Crippen LogP contribution < -0.4 is 0 Å². The van der Waals surface area contributed by atoms with E-state index in [1.54, 1.807) is 0 Å². The first-order valence-electron chi connectivity index (χ1n) is 9.11. The average Bonchev–Trinajstić information content (AvgIpc) is 2.73. The minimum Gasteiger partial charge on any atom is -0.248 e. The van der Waals surface area contributed by atoms with Gasteiger partial charge in [-0.3, -0.25) is 0 Å². The smallest absolute Gasteiger partial charge is 0.0702 e. The molecule has 0 atom stereocenters. The Morgan fingerprint density at radius 1 is 0.536 bits per heavy atom. The molecule has 2 nitrogen and oxygen atoms in total. The van der Waals surface area contributed by atoms with Gasteiger partial charge in [-0.1, -0.05) is 11.8 Å². The molecule has 28 heavy (non-hydrogen) atoms. The maximum atomic E-state index is 5.44. The van der Waals surface area contributed by atoms with Gasteiger partial charge in [-0.2, -0.15) is 0 Å². The van der Waals surface area contributed by atoms with Crippen molar-refractivity contribution in [3.8, 4) is 24.7 Å². The summed E-state index contributed by atoms with van der Waals surface area (Å²) in [4.78, 5) is 9.75. The molecule has 3 rings (SSSR count). The normalized spacial score (nSPS) is 13.9. The molecule has 0 saturated heterocycles. The minimum absolute atomic E-state index is 0.852. The van der Waals surface area contributed by atoms with Crippen LogP contribution in [0.15, 0.2) is 80.8 Å². The van der Waals surface area contributed by atoms with Crippen molar-refractivity contribution < 1.29 is 0 Å². The summed E-state index contributed by atoms with van der Waals surface area (Å²) in [6.07, 6.45) is 10.9. The fraction of sp³-hybridized carbons (Fsp3) is 0.154. The third kappa shape index (κ3) is 3.73. The van der Waals surface area contributed by atoms with E-state index in [2.05, 4.69) is 39.5 Å². The Labute approximate surface area is 167 Å². The van der Waals surface area contributed by atoms with E-state index >= 15 is 0 Å². The van der Waals surface area contributed by atoms with Crippen molar-refractivity contribution in [1.82, 2.24) is 0 Å². The lowest BCUT2D eigenvalue weighted by molar-refractivity contribution is 1.29. The van der Waals surface area contributed by atoms with E-state index in [0.29, 0.717) is 0 Å². The SMILES string of the molecule is C#Cc1ccc(N=C2C(C)=C(C)C(=Nc3ccc(C#C)cc3)C(C)=C2C)cc1. The molecule has 0 N–H and O–H groups in total. The van der Waals surface area contributed by atoms with Crippen LogP contribution in [0.5, 0.6) is 0 Å². The fourth-order valence-corrected chi connectivity index (χ4v) is 3.13. The summed E-state index contributed by atoms with van der Waals surface area (Å²) in [6.45, 7) is 8.38. The first-order chi connectivity index (χ1) is 13.4. The minimum atomic E-state index is 0.852. The largest absolute Gasteiger partial charge is 0.248 e. The van der Waals surface area contributed by atoms with Gasteiger partial charge in [-0.15, -0.1) is 12.8 Å². The van der Waals surface area contributed by atoms with Crippen LogP contribution in [0.2, 0.25) is 0 Å². The molecule has 0 fully saturated rings. The monoisotopic (exact) mass is 362 g/mol. The highest BCUT2D eigenvalue weighted by Crippen LogP contribution is 2.30. The van der Waals surface area contributed by atoms with Crippen LogP contribution in [-0.2, 0) is 0 Å². The number of benzene rings is 2. The lowest BCUT2D eigenvalue weighted by Gasteiger charge is -2.23. The first-order valence-corrected chi connectivity index (χ1v) is 9.11. The van der Waals surface area contributed by atoms with Crippen LogP contribution in [0.1, 0.15) is 38.8 Å². The fourth-order valence-electron chi connectivity index (χ4n) is 3.13. The van der Waals surface area contributed by atoms with Crippen LogP contribution in [0.4, 0.5) is 11.4 Å². The average molecular weight is 362 g/mol. The van der Waals surface area contributed by atoms with E-state index in [4.69, 9.17) is 22.8 Å². The van der Waals surface area contributed by atoms with Crippen molar-refractivity contribution in [2.45, 2.75) is 27.7 Å². The molecule has 0 spiro atoms. The Kier molecular flexibility index (Phi) is 5.44. The second-order valence-corrected chi connectivity index (χ2v) is 6.80. The van der Waals surface area contributed by atoms with Gasteiger partial charge in [-0.05, 0) is 98.5 Å². The number of nitrogens with zero attached hydrogens (tertiary/aromatic N) is 2. The third-order valence-electron chi connectivity index (χ3n) is 5.10. The second-order valence-electron chi connectivity index (χ2n) is 6.80. The molecule has 0 bridgehead atoms. The summed E-state index contributed by atoms with van der Waals surface area (Å²) in [5.74, 6) is 5.26. The van der Waals surface area contributed by atoms with E-state index in [0.717, 1.165) is 56.2 Å². The lowest BCUT2D eigenvalue weighted by atomic mass is 9.85. The topological polar surface area (TPSA) is 24.7 Å². The molecule has 0 unspecified atom stereocenters. The zero-order valence-electron chi connectivity index (χ0n) is 16.7. The van der Waals surface area contributed by atoms with Crippen molar-refractivity contribution in [3.05, 3.63) is 82.0 Å². The highest BCUT2D eigenvalue weighted by atomic mass is 14.8. The summed E-state index contributed by atoms with van der Waals surface area (Å²) < 4.78 is 0. The maximum absolute atomic E-state index is 5.44. The zero-order valence-corrected chi connectivity index (χ0v) is 16.7. The molecule has 0 heterocycles. The van der Waals surface area contributed by atoms with Crippen molar-refractivity contribution in [2.75, 3.05) is 0 Å². The Bertz CT molecular complexity index is 999. The lowest BCUT2D eigenvalue weighted by Crippen LogP contribution is -2.19. The van der Waals surface area contributed by atoms with Gasteiger partial charge >= 0.3 is 0 Å². The number of terminal acetylenes is 2. The molecule has 0 saturated carbocycles. The molecule has 0 radical (unpaired) electrons. The second kappa shape index (κ2) is 7.95. The van der Waals surface area contributed by atoms with Gasteiger partial charge in [0.25, 0.3) is 0 Å². The third-order valence-corrected chi connectivity index (χ3v) is 5.10.